The van der Waals surface area contributed by atoms with Gasteiger partial charge >= 0.3 is 6.18 Å². The van der Waals surface area contributed by atoms with Gasteiger partial charge in [0.25, 0.3) is 0 Å². The number of ether oxygens (including phenoxy) is 1. The lowest BCUT2D eigenvalue weighted by Crippen LogP contribution is -2.38. The number of likely N-dealkylation sites (tertiary alicyclic amines) is 1. The van der Waals surface area contributed by atoms with Crippen LogP contribution in [-0.2, 0) is 6.54 Å². The maximum Gasteiger partial charge on any atom is 0.422 e. The van der Waals surface area contributed by atoms with Crippen molar-refractivity contribution in [1.29, 1.82) is 0 Å². The van der Waals surface area contributed by atoms with Crippen LogP contribution in [0.1, 0.15) is 24.8 Å². The van der Waals surface area contributed by atoms with Gasteiger partial charge in [0.1, 0.15) is 5.75 Å². The number of nitrogens with zero attached hydrogens (tertiary/aromatic N) is 1. The molecule has 0 radical (unpaired) electrons. The van der Waals surface area contributed by atoms with E-state index < -0.39 is 12.8 Å². The van der Waals surface area contributed by atoms with Crippen molar-refractivity contribution in [3.63, 3.8) is 0 Å². The molecule has 0 saturated carbocycles. The van der Waals surface area contributed by atoms with E-state index in [4.69, 9.17) is 4.74 Å². The zero-order valence-electron chi connectivity index (χ0n) is 13.6. The van der Waals surface area contributed by atoms with E-state index in [0.29, 0.717) is 17.7 Å². The van der Waals surface area contributed by atoms with E-state index in [1.54, 1.807) is 12.1 Å². The number of nitrogens with one attached hydrogen (secondary N) is 1. The second kappa shape index (κ2) is 7.93. The normalized spacial score (nSPS) is 20.8. The molecule has 3 rings (SSSR count). The Hall–Kier alpha value is -0.980. The van der Waals surface area contributed by atoms with Gasteiger partial charge < -0.3 is 10.1 Å². The van der Waals surface area contributed by atoms with Crippen LogP contribution < -0.4 is 10.1 Å². The lowest BCUT2D eigenvalue weighted by Gasteiger charge is -2.34. The van der Waals surface area contributed by atoms with Gasteiger partial charge in [-0.1, -0.05) is 18.2 Å². The molecule has 1 aromatic carbocycles. The second-order valence-corrected chi connectivity index (χ2v) is 6.72. The van der Waals surface area contributed by atoms with E-state index in [-0.39, 0.29) is 12.4 Å². The first-order valence-corrected chi connectivity index (χ1v) is 8.16. The van der Waals surface area contributed by atoms with Gasteiger partial charge in [-0.3, -0.25) is 4.90 Å². The summed E-state index contributed by atoms with van der Waals surface area (Å²) in [6, 6.07) is 7.05. The van der Waals surface area contributed by atoms with Crippen LogP contribution in [0.15, 0.2) is 24.3 Å². The van der Waals surface area contributed by atoms with Crippen molar-refractivity contribution in [1.82, 2.24) is 10.2 Å². The molecule has 2 aliphatic rings. The van der Waals surface area contributed by atoms with Crippen molar-refractivity contribution >= 4 is 12.4 Å². The van der Waals surface area contributed by atoms with Crippen LogP contribution >= 0.6 is 12.4 Å². The van der Waals surface area contributed by atoms with Crippen LogP contribution in [0, 0.1) is 5.41 Å². The molecule has 0 aliphatic carbocycles. The Labute approximate surface area is 147 Å². The summed E-state index contributed by atoms with van der Waals surface area (Å²) in [6.07, 6.45) is -0.744. The van der Waals surface area contributed by atoms with Crippen LogP contribution in [0.3, 0.4) is 0 Å². The van der Waals surface area contributed by atoms with E-state index in [1.807, 2.05) is 12.1 Å². The lowest BCUT2D eigenvalue weighted by atomic mass is 9.78. The molecule has 0 amide bonds. The topological polar surface area (TPSA) is 24.5 Å². The molecule has 0 unspecified atom stereocenters. The average molecular weight is 365 g/mol. The molecule has 2 saturated heterocycles. The smallest absolute Gasteiger partial charge is 0.422 e. The number of rotatable bonds is 4. The van der Waals surface area contributed by atoms with Crippen molar-refractivity contribution in [2.24, 2.45) is 5.41 Å². The molecule has 0 bridgehead atoms. The minimum Gasteiger partial charge on any atom is -0.484 e. The summed E-state index contributed by atoms with van der Waals surface area (Å²) >= 11 is 0. The first-order valence-electron chi connectivity index (χ1n) is 8.16. The summed E-state index contributed by atoms with van der Waals surface area (Å²) < 4.78 is 42.1. The fraction of sp³-hybridized carbons (Fsp3) is 0.647. The Bertz CT molecular complexity index is 533. The summed E-state index contributed by atoms with van der Waals surface area (Å²) in [5.74, 6) is 0.344. The van der Waals surface area contributed by atoms with Crippen molar-refractivity contribution in [2.45, 2.75) is 32.0 Å². The Morgan fingerprint density at radius 2 is 1.83 bits per heavy atom. The van der Waals surface area contributed by atoms with Gasteiger partial charge in [0.05, 0.1) is 0 Å². The molecule has 136 valence electrons. The molecule has 2 aliphatic heterocycles. The highest BCUT2D eigenvalue weighted by molar-refractivity contribution is 5.85. The number of hydrogen-bond acceptors (Lipinski definition) is 3. The number of halogens is 4. The van der Waals surface area contributed by atoms with E-state index in [0.717, 1.165) is 31.7 Å². The molecular weight excluding hydrogens is 341 g/mol. The van der Waals surface area contributed by atoms with Crippen molar-refractivity contribution in [2.75, 3.05) is 32.8 Å². The molecular formula is C17H24ClF3N2O. The molecule has 24 heavy (non-hydrogen) atoms. The Morgan fingerprint density at radius 3 is 2.54 bits per heavy atom. The Kier molecular flexibility index (Phi) is 6.39. The summed E-state index contributed by atoms with van der Waals surface area (Å²) in [5, 5.41) is 3.40. The highest BCUT2D eigenvalue weighted by Gasteiger charge is 2.38. The molecule has 2 fully saturated rings. The number of hydrogen-bond donors (Lipinski definition) is 1. The fourth-order valence-corrected chi connectivity index (χ4v) is 3.70. The molecule has 0 atom stereocenters. The van der Waals surface area contributed by atoms with Gasteiger partial charge in [0.15, 0.2) is 6.61 Å². The van der Waals surface area contributed by atoms with Crippen LogP contribution in [-0.4, -0.2) is 43.9 Å². The van der Waals surface area contributed by atoms with Crippen LogP contribution in [0.4, 0.5) is 13.2 Å². The average Bonchev–Trinajstić information content (AvgIpc) is 2.89. The summed E-state index contributed by atoms with van der Waals surface area (Å²) in [6.45, 7) is 3.59. The predicted molar refractivity (Wildman–Crippen MR) is 89.7 cm³/mol. The maximum atomic E-state index is 12.4. The quantitative estimate of drug-likeness (QED) is 0.883. The third-order valence-electron chi connectivity index (χ3n) is 4.94. The molecule has 1 N–H and O–H groups in total. The number of alkyl halides is 3. The Balaban J connectivity index is 0.00000208. The van der Waals surface area contributed by atoms with Crippen molar-refractivity contribution in [3.8, 4) is 5.75 Å². The standard InChI is InChI=1S/C17H23F3N2O.ClH/c18-17(19,20)13-23-15-4-2-1-3-14(15)11-22-10-7-16(12-22)5-8-21-9-6-16;/h1-4,21H,5-13H2;1H. The van der Waals surface area contributed by atoms with E-state index in [9.17, 15) is 13.2 Å². The van der Waals surface area contributed by atoms with E-state index >= 15 is 0 Å². The van der Waals surface area contributed by atoms with Gasteiger partial charge in [0.2, 0.25) is 0 Å². The molecule has 1 aromatic rings. The summed E-state index contributed by atoms with van der Waals surface area (Å²) in [5.41, 5.74) is 1.23. The first-order chi connectivity index (χ1) is 11.0. The van der Waals surface area contributed by atoms with Gasteiger partial charge in [-0.25, -0.2) is 0 Å². The van der Waals surface area contributed by atoms with Crippen LogP contribution in [0.25, 0.3) is 0 Å². The minimum absolute atomic E-state index is 0. The zero-order valence-corrected chi connectivity index (χ0v) is 14.4. The van der Waals surface area contributed by atoms with E-state index in [2.05, 4.69) is 10.2 Å². The van der Waals surface area contributed by atoms with Crippen LogP contribution in [0.5, 0.6) is 5.75 Å². The third-order valence-corrected chi connectivity index (χ3v) is 4.94. The molecule has 0 aromatic heterocycles. The predicted octanol–water partition coefficient (Wildman–Crippen LogP) is 3.63. The van der Waals surface area contributed by atoms with Gasteiger partial charge in [-0.05, 0) is 50.4 Å². The molecule has 1 spiro atoms. The van der Waals surface area contributed by atoms with Gasteiger partial charge in [-0.15, -0.1) is 12.4 Å². The largest absolute Gasteiger partial charge is 0.484 e. The van der Waals surface area contributed by atoms with Gasteiger partial charge in [0, 0.05) is 18.7 Å². The summed E-state index contributed by atoms with van der Waals surface area (Å²) in [7, 11) is 0. The maximum absolute atomic E-state index is 12.4. The number of para-hydroxylation sites is 1. The second-order valence-electron chi connectivity index (χ2n) is 6.72. The van der Waals surface area contributed by atoms with Crippen molar-refractivity contribution in [3.05, 3.63) is 29.8 Å². The first kappa shape index (κ1) is 19.3. The summed E-state index contributed by atoms with van der Waals surface area (Å²) in [4.78, 5) is 2.35. The number of piperidine rings is 1. The SMILES string of the molecule is Cl.FC(F)(F)COc1ccccc1CN1CCC2(CCNCC2)C1. The van der Waals surface area contributed by atoms with E-state index in [1.165, 1.54) is 19.3 Å². The number of benzene rings is 1. The van der Waals surface area contributed by atoms with Crippen molar-refractivity contribution < 1.29 is 17.9 Å². The van der Waals surface area contributed by atoms with Crippen LogP contribution in [0.2, 0.25) is 0 Å². The lowest BCUT2D eigenvalue weighted by molar-refractivity contribution is -0.153. The third kappa shape index (κ3) is 5.01. The molecule has 3 nitrogen and oxygen atoms in total. The fourth-order valence-electron chi connectivity index (χ4n) is 3.70. The zero-order chi connectivity index (χ0) is 16.3. The minimum atomic E-state index is -4.31. The monoisotopic (exact) mass is 364 g/mol. The highest BCUT2D eigenvalue weighted by Crippen LogP contribution is 2.39. The molecule has 2 heterocycles. The Morgan fingerprint density at radius 1 is 1.12 bits per heavy atom. The highest BCUT2D eigenvalue weighted by atomic mass is 35.5. The van der Waals surface area contributed by atoms with Gasteiger partial charge in [-0.2, -0.15) is 13.2 Å². The molecule has 7 heteroatoms.